The highest BCUT2D eigenvalue weighted by Gasteiger charge is 2.48. The lowest BCUT2D eigenvalue weighted by atomic mass is 10.2. The Kier molecular flexibility index (Phi) is 6.35. The number of nitrogens with zero attached hydrogens (tertiary/aromatic N) is 2. The first-order valence-corrected chi connectivity index (χ1v) is 7.10. The molecule has 2 fully saturated rings. The van der Waals surface area contributed by atoms with Crippen molar-refractivity contribution in [1.29, 1.82) is 0 Å². The number of anilines is 1. The topological polar surface area (TPSA) is 58.8 Å². The Balaban J connectivity index is 0.00000121. The minimum Gasteiger partial charge on any atom is -0.495 e. The molecule has 1 aromatic rings. The minimum atomic E-state index is -0.549. The lowest BCUT2D eigenvalue weighted by Gasteiger charge is -2.37. The third kappa shape index (κ3) is 3.59. The van der Waals surface area contributed by atoms with Gasteiger partial charge in [-0.05, 0) is 25.0 Å². The molecule has 1 amide bonds. The molecular formula is C15H23Cl2N3O2. The van der Waals surface area contributed by atoms with Gasteiger partial charge in [-0.1, -0.05) is 12.1 Å². The third-order valence-electron chi connectivity index (χ3n) is 4.21. The summed E-state index contributed by atoms with van der Waals surface area (Å²) < 4.78 is 5.39. The lowest BCUT2D eigenvalue weighted by molar-refractivity contribution is -0.133. The monoisotopic (exact) mass is 347 g/mol. The molecule has 7 heteroatoms. The second kappa shape index (κ2) is 7.40. The summed E-state index contributed by atoms with van der Waals surface area (Å²) in [5, 5.41) is 0. The van der Waals surface area contributed by atoms with Gasteiger partial charge in [0, 0.05) is 26.2 Å². The normalized spacial score (nSPS) is 18.8. The van der Waals surface area contributed by atoms with Crippen molar-refractivity contribution in [1.82, 2.24) is 4.90 Å². The van der Waals surface area contributed by atoms with Crippen LogP contribution < -0.4 is 15.4 Å². The maximum Gasteiger partial charge on any atom is 0.242 e. The first kappa shape index (κ1) is 18.9. The van der Waals surface area contributed by atoms with Crippen LogP contribution in [0.3, 0.4) is 0 Å². The van der Waals surface area contributed by atoms with Gasteiger partial charge in [0.2, 0.25) is 5.91 Å². The molecule has 0 radical (unpaired) electrons. The summed E-state index contributed by atoms with van der Waals surface area (Å²) in [6.07, 6.45) is 1.66. The SMILES string of the molecule is COc1ccccc1N1CCN(C(=O)C2(N)CC2)CC1.Cl.Cl. The van der Waals surface area contributed by atoms with Crippen molar-refractivity contribution in [3.05, 3.63) is 24.3 Å². The van der Waals surface area contributed by atoms with Crippen molar-refractivity contribution >= 4 is 36.4 Å². The van der Waals surface area contributed by atoms with Gasteiger partial charge in [0.05, 0.1) is 18.3 Å². The summed E-state index contributed by atoms with van der Waals surface area (Å²) in [7, 11) is 1.68. The van der Waals surface area contributed by atoms with Crippen LogP contribution in [0.4, 0.5) is 5.69 Å². The number of piperazine rings is 1. The molecule has 1 aromatic carbocycles. The fourth-order valence-electron chi connectivity index (χ4n) is 2.70. The second-order valence-electron chi connectivity index (χ2n) is 5.61. The first-order chi connectivity index (χ1) is 9.64. The van der Waals surface area contributed by atoms with Crippen LogP contribution in [-0.2, 0) is 4.79 Å². The van der Waals surface area contributed by atoms with Crippen molar-refractivity contribution in [3.8, 4) is 5.75 Å². The van der Waals surface area contributed by atoms with Crippen LogP contribution in [0.1, 0.15) is 12.8 Å². The van der Waals surface area contributed by atoms with Crippen molar-refractivity contribution in [2.45, 2.75) is 18.4 Å². The van der Waals surface area contributed by atoms with Gasteiger partial charge in [-0.3, -0.25) is 4.79 Å². The van der Waals surface area contributed by atoms with Gasteiger partial charge in [-0.25, -0.2) is 0 Å². The summed E-state index contributed by atoms with van der Waals surface area (Å²) in [5.41, 5.74) is 6.53. The number of hydrogen-bond acceptors (Lipinski definition) is 4. The zero-order valence-electron chi connectivity index (χ0n) is 12.7. The standard InChI is InChI=1S/C15H21N3O2.2ClH/c1-20-13-5-3-2-4-12(13)17-8-10-18(11-9-17)14(19)15(16)6-7-15;;/h2-5H,6-11,16H2,1H3;2*1H. The number of carbonyl (C=O) groups excluding carboxylic acids is 1. The van der Waals surface area contributed by atoms with Crippen LogP contribution in [0, 0.1) is 0 Å². The van der Waals surface area contributed by atoms with Crippen molar-refractivity contribution in [2.24, 2.45) is 5.73 Å². The van der Waals surface area contributed by atoms with Gasteiger partial charge >= 0.3 is 0 Å². The van der Waals surface area contributed by atoms with E-state index in [0.29, 0.717) is 0 Å². The predicted octanol–water partition coefficient (Wildman–Crippen LogP) is 1.68. The van der Waals surface area contributed by atoms with E-state index in [4.69, 9.17) is 10.5 Å². The van der Waals surface area contributed by atoms with E-state index in [9.17, 15) is 4.79 Å². The van der Waals surface area contributed by atoms with E-state index in [2.05, 4.69) is 11.0 Å². The van der Waals surface area contributed by atoms with Gasteiger partial charge < -0.3 is 20.3 Å². The summed E-state index contributed by atoms with van der Waals surface area (Å²) in [6, 6.07) is 8.00. The molecule has 0 aromatic heterocycles. The lowest BCUT2D eigenvalue weighted by Crippen LogP contribution is -2.54. The van der Waals surface area contributed by atoms with E-state index in [-0.39, 0.29) is 30.7 Å². The fourth-order valence-corrected chi connectivity index (χ4v) is 2.70. The molecule has 0 spiro atoms. The van der Waals surface area contributed by atoms with E-state index in [0.717, 1.165) is 50.5 Å². The number of ether oxygens (including phenoxy) is 1. The molecule has 1 aliphatic heterocycles. The van der Waals surface area contributed by atoms with Crippen LogP contribution in [-0.4, -0.2) is 49.6 Å². The summed E-state index contributed by atoms with van der Waals surface area (Å²) in [4.78, 5) is 16.4. The van der Waals surface area contributed by atoms with E-state index >= 15 is 0 Å². The molecule has 1 saturated heterocycles. The van der Waals surface area contributed by atoms with E-state index in [1.54, 1.807) is 7.11 Å². The van der Waals surface area contributed by atoms with Crippen molar-refractivity contribution in [3.63, 3.8) is 0 Å². The molecule has 22 heavy (non-hydrogen) atoms. The number of amides is 1. The minimum absolute atomic E-state index is 0. The average Bonchev–Trinajstić information content (AvgIpc) is 3.26. The molecule has 124 valence electrons. The van der Waals surface area contributed by atoms with Crippen LogP contribution in [0.2, 0.25) is 0 Å². The zero-order chi connectivity index (χ0) is 14.2. The maximum atomic E-state index is 12.2. The first-order valence-electron chi connectivity index (χ1n) is 7.10. The Labute approximate surface area is 143 Å². The highest BCUT2D eigenvalue weighted by Crippen LogP contribution is 2.35. The maximum absolute atomic E-state index is 12.2. The summed E-state index contributed by atoms with van der Waals surface area (Å²) in [5.74, 6) is 1.00. The number of nitrogens with two attached hydrogens (primary N) is 1. The van der Waals surface area contributed by atoms with Crippen LogP contribution in [0.15, 0.2) is 24.3 Å². The molecule has 1 aliphatic carbocycles. The number of methoxy groups -OCH3 is 1. The molecule has 0 unspecified atom stereocenters. The van der Waals surface area contributed by atoms with Gasteiger partial charge in [0.15, 0.2) is 0 Å². The molecule has 1 saturated carbocycles. The Morgan fingerprint density at radius 1 is 1.14 bits per heavy atom. The predicted molar refractivity (Wildman–Crippen MR) is 92.4 cm³/mol. The summed E-state index contributed by atoms with van der Waals surface area (Å²) >= 11 is 0. The largest absolute Gasteiger partial charge is 0.495 e. The van der Waals surface area contributed by atoms with Crippen LogP contribution in [0.5, 0.6) is 5.75 Å². The van der Waals surface area contributed by atoms with Crippen LogP contribution >= 0.6 is 24.8 Å². The third-order valence-corrected chi connectivity index (χ3v) is 4.21. The average molecular weight is 348 g/mol. The van der Waals surface area contributed by atoms with Crippen molar-refractivity contribution in [2.75, 3.05) is 38.2 Å². The number of carbonyl (C=O) groups is 1. The quantitative estimate of drug-likeness (QED) is 0.903. The second-order valence-corrected chi connectivity index (χ2v) is 5.61. The molecule has 0 atom stereocenters. The van der Waals surface area contributed by atoms with Crippen molar-refractivity contribution < 1.29 is 9.53 Å². The molecule has 2 aliphatic rings. The number of hydrogen-bond donors (Lipinski definition) is 1. The van der Waals surface area contributed by atoms with Gasteiger partial charge in [0.25, 0.3) is 0 Å². The highest BCUT2D eigenvalue weighted by atomic mass is 35.5. The van der Waals surface area contributed by atoms with E-state index in [1.165, 1.54) is 0 Å². The Morgan fingerprint density at radius 2 is 1.73 bits per heavy atom. The Bertz CT molecular complexity index is 515. The molecular weight excluding hydrogens is 325 g/mol. The highest BCUT2D eigenvalue weighted by molar-refractivity contribution is 5.89. The molecule has 3 rings (SSSR count). The molecule has 5 nitrogen and oxygen atoms in total. The molecule has 0 bridgehead atoms. The number of para-hydroxylation sites is 2. The fraction of sp³-hybridized carbons (Fsp3) is 0.533. The number of halogens is 2. The Morgan fingerprint density at radius 3 is 2.27 bits per heavy atom. The van der Waals surface area contributed by atoms with Gasteiger partial charge in [-0.15, -0.1) is 24.8 Å². The summed E-state index contributed by atoms with van der Waals surface area (Å²) in [6.45, 7) is 3.11. The van der Waals surface area contributed by atoms with Gasteiger partial charge in [-0.2, -0.15) is 0 Å². The van der Waals surface area contributed by atoms with E-state index in [1.807, 2.05) is 23.1 Å². The Hall–Kier alpha value is -1.17. The smallest absolute Gasteiger partial charge is 0.242 e. The van der Waals surface area contributed by atoms with Crippen LogP contribution in [0.25, 0.3) is 0 Å². The number of rotatable bonds is 3. The molecule has 1 heterocycles. The molecule has 2 N–H and O–H groups in total. The number of benzene rings is 1. The zero-order valence-corrected chi connectivity index (χ0v) is 14.3. The van der Waals surface area contributed by atoms with E-state index < -0.39 is 5.54 Å². The van der Waals surface area contributed by atoms with Gasteiger partial charge in [0.1, 0.15) is 5.75 Å².